The average Bonchev–Trinajstić information content (AvgIpc) is 2.89. The van der Waals surface area contributed by atoms with E-state index in [-0.39, 0.29) is 33.8 Å². The van der Waals surface area contributed by atoms with Gasteiger partial charge in [-0.25, -0.2) is 0 Å². The highest BCUT2D eigenvalue weighted by Gasteiger charge is 2.51. The van der Waals surface area contributed by atoms with Crippen LogP contribution in [-0.4, -0.2) is 63.8 Å². The highest BCUT2D eigenvalue weighted by atomic mass is 16.7. The molecular formula is C29H31NO12. The van der Waals surface area contributed by atoms with Gasteiger partial charge in [0.25, 0.3) is 0 Å². The lowest BCUT2D eigenvalue weighted by Gasteiger charge is -2.45. The summed E-state index contributed by atoms with van der Waals surface area (Å²) < 4.78 is 29.2. The SMILES string of the molecule is CCC[C@@H]1O[C@@H](Oc2c(-c3ccc(O)cc3)oc3cc(O)cc(O)c3c2=O)[C@H](OC(C)=O)[C@H](OC(C)=O)[C@H]1NC(C)=O. The van der Waals surface area contributed by atoms with Gasteiger partial charge in [0.1, 0.15) is 28.2 Å². The molecule has 0 bridgehead atoms. The number of carbonyl (C=O) groups is 3. The summed E-state index contributed by atoms with van der Waals surface area (Å²) in [5, 5.41) is 32.7. The van der Waals surface area contributed by atoms with Crippen molar-refractivity contribution in [1.29, 1.82) is 0 Å². The van der Waals surface area contributed by atoms with E-state index in [1.54, 1.807) is 0 Å². The number of benzene rings is 2. The third-order valence-electron chi connectivity index (χ3n) is 6.48. The Hall–Kier alpha value is -4.78. The number of rotatable bonds is 8. The van der Waals surface area contributed by atoms with Crippen molar-refractivity contribution in [2.75, 3.05) is 0 Å². The first-order chi connectivity index (χ1) is 19.9. The van der Waals surface area contributed by atoms with Gasteiger partial charge in [-0.05, 0) is 30.7 Å². The zero-order valence-corrected chi connectivity index (χ0v) is 23.3. The standard InChI is InChI=1S/C29H31NO12/c1-5-6-20-23(30-13(2)31)26(38-14(3)32)28(39-15(4)33)29(41-20)42-27-24(37)22-19(36)11-18(35)12-21(22)40-25(27)16-7-9-17(34)10-8-16/h7-12,20,23,26,28-29,34-36H,5-6H2,1-4H3,(H,30,31)/t20-,23-,26+,28+,29-/m0/s1. The van der Waals surface area contributed by atoms with Crippen molar-refractivity contribution in [3.63, 3.8) is 0 Å². The van der Waals surface area contributed by atoms with Gasteiger partial charge in [-0.15, -0.1) is 0 Å². The van der Waals surface area contributed by atoms with E-state index in [0.29, 0.717) is 12.8 Å². The molecule has 1 saturated heterocycles. The molecule has 42 heavy (non-hydrogen) atoms. The number of aromatic hydroxyl groups is 3. The summed E-state index contributed by atoms with van der Waals surface area (Å²) in [5.74, 6) is -3.63. The minimum absolute atomic E-state index is 0.0687. The number of nitrogens with one attached hydrogen (secondary N) is 1. The maximum absolute atomic E-state index is 13.8. The van der Waals surface area contributed by atoms with Gasteiger partial charge in [0.05, 0.1) is 12.1 Å². The highest BCUT2D eigenvalue weighted by Crippen LogP contribution is 2.38. The van der Waals surface area contributed by atoms with Crippen LogP contribution in [0.5, 0.6) is 23.0 Å². The van der Waals surface area contributed by atoms with Crippen LogP contribution in [0, 0.1) is 0 Å². The van der Waals surface area contributed by atoms with E-state index in [9.17, 15) is 34.5 Å². The Morgan fingerprint density at radius 1 is 0.929 bits per heavy atom. The summed E-state index contributed by atoms with van der Waals surface area (Å²) in [6, 6.07) is 6.71. The Kier molecular flexibility index (Phi) is 8.90. The number of ether oxygens (including phenoxy) is 4. The molecule has 1 aliphatic heterocycles. The molecule has 2 heterocycles. The van der Waals surface area contributed by atoms with Crippen LogP contribution in [0.15, 0.2) is 45.6 Å². The molecule has 1 aliphatic rings. The summed E-state index contributed by atoms with van der Waals surface area (Å²) >= 11 is 0. The maximum Gasteiger partial charge on any atom is 0.303 e. The number of amides is 1. The van der Waals surface area contributed by atoms with E-state index in [1.165, 1.54) is 31.2 Å². The summed E-state index contributed by atoms with van der Waals surface area (Å²) in [4.78, 5) is 50.2. The molecule has 1 fully saturated rings. The van der Waals surface area contributed by atoms with E-state index >= 15 is 0 Å². The minimum atomic E-state index is -1.56. The number of phenolic OH excluding ortho intramolecular Hbond substituents is 3. The Morgan fingerprint density at radius 2 is 1.57 bits per heavy atom. The van der Waals surface area contributed by atoms with Crippen molar-refractivity contribution < 1.29 is 53.1 Å². The van der Waals surface area contributed by atoms with Gasteiger partial charge in [0, 0.05) is 38.5 Å². The Morgan fingerprint density at radius 3 is 2.17 bits per heavy atom. The summed E-state index contributed by atoms with van der Waals surface area (Å²) in [6.45, 7) is 5.40. The summed E-state index contributed by atoms with van der Waals surface area (Å²) in [7, 11) is 0. The second-order valence-corrected chi connectivity index (χ2v) is 9.80. The smallest absolute Gasteiger partial charge is 0.303 e. The average molecular weight is 586 g/mol. The molecule has 0 aliphatic carbocycles. The molecular weight excluding hydrogens is 554 g/mol. The van der Waals surface area contributed by atoms with Crippen molar-refractivity contribution in [3.05, 3.63) is 46.6 Å². The van der Waals surface area contributed by atoms with Crippen molar-refractivity contribution in [2.45, 2.75) is 71.2 Å². The Balaban J connectivity index is 1.92. The van der Waals surface area contributed by atoms with Crippen LogP contribution < -0.4 is 15.5 Å². The second kappa shape index (κ2) is 12.4. The third kappa shape index (κ3) is 6.41. The van der Waals surface area contributed by atoms with Gasteiger partial charge in [-0.1, -0.05) is 13.3 Å². The lowest BCUT2D eigenvalue weighted by atomic mass is 9.92. The molecule has 224 valence electrons. The number of carbonyl (C=O) groups excluding carboxylic acids is 3. The molecule has 5 atom stereocenters. The normalized spacial score (nSPS) is 21.9. The fourth-order valence-electron chi connectivity index (χ4n) is 4.88. The molecule has 4 N–H and O–H groups in total. The summed E-state index contributed by atoms with van der Waals surface area (Å²) in [5.41, 5.74) is -0.759. The first-order valence-corrected chi connectivity index (χ1v) is 13.1. The molecule has 2 aromatic carbocycles. The molecule has 0 unspecified atom stereocenters. The highest BCUT2D eigenvalue weighted by molar-refractivity contribution is 5.88. The molecule has 3 aromatic rings. The molecule has 4 rings (SSSR count). The lowest BCUT2D eigenvalue weighted by molar-refractivity contribution is -0.259. The van der Waals surface area contributed by atoms with Crippen LogP contribution in [-0.2, 0) is 28.6 Å². The predicted octanol–water partition coefficient (Wildman–Crippen LogP) is 2.85. The fourth-order valence-corrected chi connectivity index (χ4v) is 4.88. The first-order valence-electron chi connectivity index (χ1n) is 13.1. The van der Waals surface area contributed by atoms with E-state index in [1.807, 2.05) is 6.92 Å². The van der Waals surface area contributed by atoms with E-state index in [2.05, 4.69) is 5.32 Å². The predicted molar refractivity (Wildman–Crippen MR) is 146 cm³/mol. The van der Waals surface area contributed by atoms with Gasteiger partial charge in [0.15, 0.2) is 11.9 Å². The zero-order valence-electron chi connectivity index (χ0n) is 23.3. The monoisotopic (exact) mass is 585 g/mol. The van der Waals surface area contributed by atoms with Gasteiger partial charge in [0.2, 0.25) is 29.5 Å². The van der Waals surface area contributed by atoms with Crippen LogP contribution in [0.1, 0.15) is 40.5 Å². The first kappa shape index (κ1) is 30.2. The Labute approximate surface area is 239 Å². The van der Waals surface area contributed by atoms with Crippen molar-refractivity contribution in [2.24, 2.45) is 0 Å². The largest absolute Gasteiger partial charge is 0.508 e. The summed E-state index contributed by atoms with van der Waals surface area (Å²) in [6.07, 6.45) is -4.18. The molecule has 0 spiro atoms. The number of phenols is 3. The number of fused-ring (bicyclic) bond motifs is 1. The quantitative estimate of drug-likeness (QED) is 0.283. The van der Waals surface area contributed by atoms with Crippen LogP contribution in [0.2, 0.25) is 0 Å². The van der Waals surface area contributed by atoms with E-state index < -0.39 is 65.4 Å². The van der Waals surface area contributed by atoms with Crippen LogP contribution in [0.3, 0.4) is 0 Å². The van der Waals surface area contributed by atoms with Crippen LogP contribution in [0.4, 0.5) is 0 Å². The fraction of sp³-hybridized carbons (Fsp3) is 0.379. The minimum Gasteiger partial charge on any atom is -0.508 e. The number of esters is 2. The number of hydrogen-bond acceptors (Lipinski definition) is 12. The van der Waals surface area contributed by atoms with Gasteiger partial charge >= 0.3 is 11.9 Å². The molecule has 13 nitrogen and oxygen atoms in total. The van der Waals surface area contributed by atoms with Gasteiger partial charge in [-0.2, -0.15) is 0 Å². The Bertz CT molecular complexity index is 1550. The topological polar surface area (TPSA) is 191 Å². The molecule has 13 heteroatoms. The second-order valence-electron chi connectivity index (χ2n) is 9.80. The van der Waals surface area contributed by atoms with Crippen LogP contribution in [0.25, 0.3) is 22.3 Å². The number of hydrogen-bond donors (Lipinski definition) is 4. The molecule has 0 saturated carbocycles. The van der Waals surface area contributed by atoms with Crippen molar-refractivity contribution >= 4 is 28.8 Å². The van der Waals surface area contributed by atoms with E-state index in [0.717, 1.165) is 26.0 Å². The van der Waals surface area contributed by atoms with Crippen molar-refractivity contribution in [3.8, 4) is 34.3 Å². The molecule has 1 amide bonds. The zero-order chi connectivity index (χ0) is 30.7. The lowest BCUT2D eigenvalue weighted by Crippen LogP contribution is -2.66. The van der Waals surface area contributed by atoms with Gasteiger partial charge < -0.3 is 44.0 Å². The third-order valence-corrected chi connectivity index (χ3v) is 6.48. The van der Waals surface area contributed by atoms with E-state index in [4.69, 9.17) is 23.4 Å². The van der Waals surface area contributed by atoms with Gasteiger partial charge in [-0.3, -0.25) is 19.2 Å². The maximum atomic E-state index is 13.8. The van der Waals surface area contributed by atoms with Crippen molar-refractivity contribution in [1.82, 2.24) is 5.32 Å². The molecule has 0 radical (unpaired) electrons. The molecule has 1 aromatic heterocycles. The van der Waals surface area contributed by atoms with Crippen LogP contribution >= 0.6 is 0 Å².